The number of benzene rings is 2. The Balaban J connectivity index is 2.15. The number of phenols is 1. The summed E-state index contributed by atoms with van der Waals surface area (Å²) in [6.45, 7) is 8.05. The smallest absolute Gasteiger partial charge is 0.262 e. The van der Waals surface area contributed by atoms with Gasteiger partial charge in [-0.05, 0) is 42.2 Å². The van der Waals surface area contributed by atoms with Gasteiger partial charge in [0.25, 0.3) is 5.91 Å². The van der Waals surface area contributed by atoms with E-state index in [0.29, 0.717) is 18.8 Å². The predicted molar refractivity (Wildman–Crippen MR) is 117 cm³/mol. The maximum atomic E-state index is 12.7. The maximum Gasteiger partial charge on any atom is 0.262 e. The molecule has 30 heavy (non-hydrogen) atoms. The summed E-state index contributed by atoms with van der Waals surface area (Å²) in [5, 5.41) is 12.6. The second-order valence-corrected chi connectivity index (χ2v) is 8.89. The normalized spacial score (nSPS) is 12.6. The van der Waals surface area contributed by atoms with Crippen molar-refractivity contribution in [3.63, 3.8) is 0 Å². The molecule has 0 unspecified atom stereocenters. The van der Waals surface area contributed by atoms with Crippen LogP contribution in [0.15, 0.2) is 47.4 Å². The molecule has 0 aliphatic heterocycles. The number of ether oxygens (including phenoxy) is 1. The molecule has 7 nitrogen and oxygen atoms in total. The number of nitrogens with zero attached hydrogens (tertiary/aromatic N) is 1. The van der Waals surface area contributed by atoms with Gasteiger partial charge in [0, 0.05) is 13.1 Å². The zero-order valence-electron chi connectivity index (χ0n) is 17.9. The van der Waals surface area contributed by atoms with Gasteiger partial charge in [-0.3, -0.25) is 4.79 Å². The third kappa shape index (κ3) is 5.52. The maximum absolute atomic E-state index is 12.7. The van der Waals surface area contributed by atoms with Gasteiger partial charge < -0.3 is 15.2 Å². The number of anilines is 1. The Labute approximate surface area is 178 Å². The lowest BCUT2D eigenvalue weighted by atomic mass is 9.98. The fraction of sp³-hybridized carbons (Fsp3) is 0.409. The molecule has 2 N–H and O–H groups in total. The van der Waals surface area contributed by atoms with E-state index in [4.69, 9.17) is 4.74 Å². The summed E-state index contributed by atoms with van der Waals surface area (Å²) in [5.74, 6) is 0.197. The Kier molecular flexibility index (Phi) is 8.25. The summed E-state index contributed by atoms with van der Waals surface area (Å²) in [5.41, 5.74) is 1.04. The molecule has 0 aliphatic rings. The third-order valence-corrected chi connectivity index (χ3v) is 7.05. The van der Waals surface area contributed by atoms with Gasteiger partial charge in [-0.2, -0.15) is 4.31 Å². The van der Waals surface area contributed by atoms with Crippen molar-refractivity contribution >= 4 is 21.6 Å². The molecule has 1 amide bonds. The number of amides is 1. The van der Waals surface area contributed by atoms with Gasteiger partial charge in [0.05, 0.1) is 10.6 Å². The molecule has 0 spiro atoms. The van der Waals surface area contributed by atoms with Crippen molar-refractivity contribution in [3.8, 4) is 11.5 Å². The van der Waals surface area contributed by atoms with Crippen LogP contribution in [0.1, 0.15) is 45.6 Å². The minimum absolute atomic E-state index is 0.00216. The first-order valence-corrected chi connectivity index (χ1v) is 11.5. The van der Waals surface area contributed by atoms with E-state index in [1.54, 1.807) is 13.8 Å². The second-order valence-electron chi connectivity index (χ2n) is 6.95. The molecule has 0 fully saturated rings. The number of aromatic hydroxyl groups is 1. The van der Waals surface area contributed by atoms with Crippen molar-refractivity contribution in [1.82, 2.24) is 4.31 Å². The largest absolute Gasteiger partial charge is 0.506 e. The standard InChI is InChI=1S/C22H30N2O5S/c1-5-16(4)18-10-8-9-11-21(18)29-15-22(26)23-19-14-17(12-13-20(19)25)30(27,28)24(6-2)7-3/h8-14,16,25H,5-7,15H2,1-4H3,(H,23,26)/t16-/m0/s1. The first-order chi connectivity index (χ1) is 14.2. The highest BCUT2D eigenvalue weighted by Crippen LogP contribution is 2.29. The van der Waals surface area contributed by atoms with E-state index in [9.17, 15) is 18.3 Å². The van der Waals surface area contributed by atoms with E-state index >= 15 is 0 Å². The number of phenolic OH excluding ortho intramolecular Hbond substituents is 1. The van der Waals surface area contributed by atoms with Crippen LogP contribution < -0.4 is 10.1 Å². The molecular weight excluding hydrogens is 404 g/mol. The van der Waals surface area contributed by atoms with E-state index in [-0.39, 0.29) is 28.9 Å². The van der Waals surface area contributed by atoms with Gasteiger partial charge in [-0.15, -0.1) is 0 Å². The van der Waals surface area contributed by atoms with Gasteiger partial charge >= 0.3 is 0 Å². The lowest BCUT2D eigenvalue weighted by Gasteiger charge is -2.19. The zero-order valence-corrected chi connectivity index (χ0v) is 18.7. The number of sulfonamides is 1. The van der Waals surface area contributed by atoms with Crippen LogP contribution in [0.3, 0.4) is 0 Å². The van der Waals surface area contributed by atoms with E-state index in [2.05, 4.69) is 19.2 Å². The van der Waals surface area contributed by atoms with Crippen molar-refractivity contribution < 1.29 is 23.1 Å². The number of hydrogen-bond acceptors (Lipinski definition) is 5. The van der Waals surface area contributed by atoms with E-state index in [1.807, 2.05) is 24.3 Å². The van der Waals surface area contributed by atoms with Crippen molar-refractivity contribution in [3.05, 3.63) is 48.0 Å². The van der Waals surface area contributed by atoms with Crippen LogP contribution in [0.2, 0.25) is 0 Å². The molecule has 0 aromatic heterocycles. The van der Waals surface area contributed by atoms with Crippen LogP contribution in [-0.4, -0.2) is 43.4 Å². The molecule has 0 saturated carbocycles. The molecule has 0 heterocycles. The summed E-state index contributed by atoms with van der Waals surface area (Å²) in [6.07, 6.45) is 0.939. The average molecular weight is 435 g/mol. The molecule has 0 aliphatic carbocycles. The Morgan fingerprint density at radius 3 is 2.43 bits per heavy atom. The fourth-order valence-corrected chi connectivity index (χ4v) is 4.54. The highest BCUT2D eigenvalue weighted by molar-refractivity contribution is 7.89. The van der Waals surface area contributed by atoms with Crippen LogP contribution in [0.25, 0.3) is 0 Å². The summed E-state index contributed by atoms with van der Waals surface area (Å²) in [4.78, 5) is 12.4. The molecular formula is C22H30N2O5S. The molecule has 1 atom stereocenters. The first-order valence-electron chi connectivity index (χ1n) is 10.1. The van der Waals surface area contributed by atoms with Gasteiger partial charge in [-0.25, -0.2) is 8.42 Å². The summed E-state index contributed by atoms with van der Waals surface area (Å²) in [7, 11) is -3.71. The van der Waals surface area contributed by atoms with Crippen LogP contribution in [0.4, 0.5) is 5.69 Å². The number of carbonyl (C=O) groups is 1. The molecule has 2 aromatic rings. The summed E-state index contributed by atoms with van der Waals surface area (Å²) < 4.78 is 32.4. The van der Waals surface area contributed by atoms with Gasteiger partial charge in [-0.1, -0.05) is 45.9 Å². The SMILES string of the molecule is CC[C@H](C)c1ccccc1OCC(=O)Nc1cc(S(=O)(=O)N(CC)CC)ccc1O. The monoisotopic (exact) mass is 434 g/mol. The zero-order chi connectivity index (χ0) is 22.3. The van der Waals surface area contributed by atoms with E-state index in [1.165, 1.54) is 22.5 Å². The number of carbonyl (C=O) groups excluding carboxylic acids is 1. The number of rotatable bonds is 10. The minimum atomic E-state index is -3.71. The van der Waals surface area contributed by atoms with E-state index < -0.39 is 15.9 Å². The van der Waals surface area contributed by atoms with Gasteiger partial charge in [0.1, 0.15) is 11.5 Å². The molecule has 2 aromatic carbocycles. The predicted octanol–water partition coefficient (Wildman–Crippen LogP) is 3.95. The highest BCUT2D eigenvalue weighted by atomic mass is 32.2. The van der Waals surface area contributed by atoms with Crippen LogP contribution in [-0.2, 0) is 14.8 Å². The van der Waals surface area contributed by atoms with Crippen molar-refractivity contribution in [2.24, 2.45) is 0 Å². The fourth-order valence-electron chi connectivity index (χ4n) is 3.06. The highest BCUT2D eigenvalue weighted by Gasteiger charge is 2.23. The van der Waals surface area contributed by atoms with Crippen LogP contribution in [0.5, 0.6) is 11.5 Å². The molecule has 8 heteroatoms. The van der Waals surface area contributed by atoms with Crippen molar-refractivity contribution in [1.29, 1.82) is 0 Å². The van der Waals surface area contributed by atoms with Crippen molar-refractivity contribution in [2.45, 2.75) is 44.9 Å². The quantitative estimate of drug-likeness (QED) is 0.552. The molecule has 2 rings (SSSR count). The third-order valence-electron chi connectivity index (χ3n) is 5.01. The van der Waals surface area contributed by atoms with Gasteiger partial charge in [0.2, 0.25) is 10.0 Å². The first kappa shape index (κ1) is 23.7. The Morgan fingerprint density at radius 2 is 1.80 bits per heavy atom. The Bertz CT molecular complexity index is 971. The molecule has 0 bridgehead atoms. The summed E-state index contributed by atoms with van der Waals surface area (Å²) >= 11 is 0. The number of nitrogens with one attached hydrogen (secondary N) is 1. The topological polar surface area (TPSA) is 95.9 Å². The van der Waals surface area contributed by atoms with E-state index in [0.717, 1.165) is 12.0 Å². The second kappa shape index (κ2) is 10.4. The minimum Gasteiger partial charge on any atom is -0.506 e. The Morgan fingerprint density at radius 1 is 1.13 bits per heavy atom. The average Bonchev–Trinajstić information content (AvgIpc) is 2.74. The lowest BCUT2D eigenvalue weighted by molar-refractivity contribution is -0.118. The van der Waals surface area contributed by atoms with Gasteiger partial charge in [0.15, 0.2) is 6.61 Å². The Hall–Kier alpha value is -2.58. The molecule has 164 valence electrons. The summed E-state index contributed by atoms with van der Waals surface area (Å²) in [6, 6.07) is 11.4. The van der Waals surface area contributed by atoms with Crippen LogP contribution in [0, 0.1) is 0 Å². The van der Waals surface area contributed by atoms with Crippen LogP contribution >= 0.6 is 0 Å². The lowest BCUT2D eigenvalue weighted by Crippen LogP contribution is -2.30. The molecule has 0 saturated heterocycles. The van der Waals surface area contributed by atoms with Crippen molar-refractivity contribution in [2.75, 3.05) is 25.0 Å². The number of hydrogen-bond donors (Lipinski definition) is 2. The number of para-hydroxylation sites is 1. The molecule has 0 radical (unpaired) electrons.